The maximum atomic E-state index is 13.6. The van der Waals surface area contributed by atoms with Crippen molar-refractivity contribution in [1.82, 2.24) is 9.80 Å². The second kappa shape index (κ2) is 8.55. The third-order valence-electron chi connectivity index (χ3n) is 5.51. The highest BCUT2D eigenvalue weighted by molar-refractivity contribution is 5.79. The fourth-order valence-electron chi connectivity index (χ4n) is 4.08. The first kappa shape index (κ1) is 20.1. The lowest BCUT2D eigenvalue weighted by atomic mass is 9.89. The molecule has 0 saturated heterocycles. The summed E-state index contributed by atoms with van der Waals surface area (Å²) in [5.74, 6) is -0.262. The fraction of sp³-hybridized carbons (Fsp3) is 0.391. The first-order valence-corrected chi connectivity index (χ1v) is 9.75. The molecule has 1 heterocycles. The van der Waals surface area contributed by atoms with E-state index in [4.69, 9.17) is 0 Å². The van der Waals surface area contributed by atoms with Gasteiger partial charge in [0.2, 0.25) is 11.8 Å². The normalized spacial score (nSPS) is 18.5. The molecule has 0 radical (unpaired) electrons. The van der Waals surface area contributed by atoms with Crippen LogP contribution in [0.15, 0.2) is 48.5 Å². The predicted octanol–water partition coefficient (Wildman–Crippen LogP) is 4.10. The van der Waals surface area contributed by atoms with Gasteiger partial charge in [0.25, 0.3) is 0 Å². The van der Waals surface area contributed by atoms with Crippen molar-refractivity contribution in [2.45, 2.75) is 52.2 Å². The topological polar surface area (TPSA) is 40.6 Å². The van der Waals surface area contributed by atoms with Gasteiger partial charge in [0.15, 0.2) is 0 Å². The summed E-state index contributed by atoms with van der Waals surface area (Å²) in [7, 11) is 0. The van der Waals surface area contributed by atoms with Crippen LogP contribution in [0.25, 0.3) is 0 Å². The number of hydrogen-bond acceptors (Lipinski definition) is 2. The summed E-state index contributed by atoms with van der Waals surface area (Å²) in [6, 6.07) is 14.5. The van der Waals surface area contributed by atoms with Crippen LogP contribution in [0.1, 0.15) is 49.9 Å². The second-order valence-electron chi connectivity index (χ2n) is 7.55. The van der Waals surface area contributed by atoms with Gasteiger partial charge in [-0.3, -0.25) is 9.59 Å². The van der Waals surface area contributed by atoms with Gasteiger partial charge in [-0.05, 0) is 49.1 Å². The van der Waals surface area contributed by atoms with E-state index in [0.29, 0.717) is 19.5 Å². The standard InChI is InChI=1S/C23H27FN2O2/c1-16-13-20-14-21(24)9-10-22(20)17(2)26(16)23(28)11-12-25(18(3)27)15-19-7-5-4-6-8-19/h4-10,14,16-17H,11-13,15H2,1-3H3/t16-,17-/m1/s1. The van der Waals surface area contributed by atoms with Crippen LogP contribution in [0, 0.1) is 5.82 Å². The summed E-state index contributed by atoms with van der Waals surface area (Å²) in [5.41, 5.74) is 3.01. The molecule has 3 rings (SSSR count). The van der Waals surface area contributed by atoms with Gasteiger partial charge in [0.05, 0.1) is 6.04 Å². The molecule has 2 amide bonds. The highest BCUT2D eigenvalue weighted by atomic mass is 19.1. The molecule has 0 aliphatic carbocycles. The number of rotatable bonds is 5. The Labute approximate surface area is 166 Å². The Morgan fingerprint density at radius 1 is 1.14 bits per heavy atom. The SMILES string of the molecule is CC(=O)N(CCC(=O)N1[C@H](C)Cc2cc(F)ccc2[C@H]1C)Cc1ccccc1. The predicted molar refractivity (Wildman–Crippen MR) is 107 cm³/mol. The minimum absolute atomic E-state index is 0.00305. The molecular formula is C23H27FN2O2. The zero-order valence-corrected chi connectivity index (χ0v) is 16.7. The maximum absolute atomic E-state index is 13.6. The minimum atomic E-state index is -0.240. The van der Waals surface area contributed by atoms with E-state index in [-0.39, 0.29) is 36.1 Å². The molecule has 0 bridgehead atoms. The summed E-state index contributed by atoms with van der Waals surface area (Å²) < 4.78 is 13.6. The minimum Gasteiger partial charge on any atom is -0.338 e. The monoisotopic (exact) mass is 382 g/mol. The van der Waals surface area contributed by atoms with E-state index in [0.717, 1.165) is 16.7 Å². The van der Waals surface area contributed by atoms with Crippen molar-refractivity contribution in [3.05, 3.63) is 71.0 Å². The third kappa shape index (κ3) is 4.41. The molecule has 0 unspecified atom stereocenters. The molecule has 1 aliphatic rings. The molecule has 0 saturated carbocycles. The molecule has 5 heteroatoms. The number of amides is 2. The van der Waals surface area contributed by atoms with E-state index in [1.165, 1.54) is 13.0 Å². The lowest BCUT2D eigenvalue weighted by Crippen LogP contribution is -2.46. The number of carbonyl (C=O) groups is 2. The molecule has 2 aromatic rings. The van der Waals surface area contributed by atoms with E-state index in [1.807, 2.05) is 49.1 Å². The van der Waals surface area contributed by atoms with Gasteiger partial charge in [-0.25, -0.2) is 4.39 Å². The summed E-state index contributed by atoms with van der Waals surface area (Å²) in [6.45, 7) is 6.39. The van der Waals surface area contributed by atoms with E-state index in [9.17, 15) is 14.0 Å². The Morgan fingerprint density at radius 2 is 1.86 bits per heavy atom. The van der Waals surface area contributed by atoms with Crippen molar-refractivity contribution >= 4 is 11.8 Å². The van der Waals surface area contributed by atoms with Gasteiger partial charge in [-0.1, -0.05) is 36.4 Å². The zero-order chi connectivity index (χ0) is 20.3. The summed E-state index contributed by atoms with van der Waals surface area (Å²) in [5, 5.41) is 0. The van der Waals surface area contributed by atoms with E-state index in [1.54, 1.807) is 17.0 Å². The van der Waals surface area contributed by atoms with Crippen molar-refractivity contribution in [2.75, 3.05) is 6.54 Å². The highest BCUT2D eigenvalue weighted by Crippen LogP contribution is 2.33. The van der Waals surface area contributed by atoms with E-state index < -0.39 is 0 Å². The van der Waals surface area contributed by atoms with Crippen molar-refractivity contribution < 1.29 is 14.0 Å². The molecule has 0 fully saturated rings. The fourth-order valence-corrected chi connectivity index (χ4v) is 4.08. The van der Waals surface area contributed by atoms with Crippen LogP contribution in [-0.2, 0) is 22.6 Å². The maximum Gasteiger partial charge on any atom is 0.225 e. The smallest absolute Gasteiger partial charge is 0.225 e. The number of fused-ring (bicyclic) bond motifs is 1. The number of benzene rings is 2. The lowest BCUT2D eigenvalue weighted by molar-refractivity contribution is -0.137. The molecule has 148 valence electrons. The average Bonchev–Trinajstić information content (AvgIpc) is 2.65. The quantitative estimate of drug-likeness (QED) is 0.781. The Morgan fingerprint density at radius 3 is 2.54 bits per heavy atom. The summed E-state index contributed by atoms with van der Waals surface area (Å²) >= 11 is 0. The van der Waals surface area contributed by atoms with Crippen LogP contribution < -0.4 is 0 Å². The molecule has 28 heavy (non-hydrogen) atoms. The first-order chi connectivity index (χ1) is 13.4. The van der Waals surface area contributed by atoms with Gasteiger partial charge < -0.3 is 9.80 Å². The molecule has 2 aromatic carbocycles. The number of hydrogen-bond donors (Lipinski definition) is 0. The van der Waals surface area contributed by atoms with Crippen molar-refractivity contribution in [2.24, 2.45) is 0 Å². The largest absolute Gasteiger partial charge is 0.338 e. The Balaban J connectivity index is 1.67. The average molecular weight is 382 g/mol. The zero-order valence-electron chi connectivity index (χ0n) is 16.7. The third-order valence-corrected chi connectivity index (χ3v) is 5.51. The number of halogens is 1. The number of carbonyl (C=O) groups excluding carboxylic acids is 2. The van der Waals surface area contributed by atoms with Gasteiger partial charge in [-0.15, -0.1) is 0 Å². The van der Waals surface area contributed by atoms with Gasteiger partial charge in [0.1, 0.15) is 5.82 Å². The van der Waals surface area contributed by atoms with Gasteiger partial charge in [-0.2, -0.15) is 0 Å². The molecule has 1 aliphatic heterocycles. The molecule has 4 nitrogen and oxygen atoms in total. The molecule has 0 N–H and O–H groups in total. The van der Waals surface area contributed by atoms with Crippen molar-refractivity contribution in [3.8, 4) is 0 Å². The Bertz CT molecular complexity index is 853. The van der Waals surface area contributed by atoms with Gasteiger partial charge >= 0.3 is 0 Å². The van der Waals surface area contributed by atoms with E-state index >= 15 is 0 Å². The lowest BCUT2D eigenvalue weighted by Gasteiger charge is -2.40. The van der Waals surface area contributed by atoms with Crippen LogP contribution >= 0.6 is 0 Å². The van der Waals surface area contributed by atoms with Crippen LogP contribution in [0.4, 0.5) is 4.39 Å². The van der Waals surface area contributed by atoms with Crippen molar-refractivity contribution in [3.63, 3.8) is 0 Å². The van der Waals surface area contributed by atoms with Crippen LogP contribution in [-0.4, -0.2) is 34.2 Å². The molecule has 0 aromatic heterocycles. The highest BCUT2D eigenvalue weighted by Gasteiger charge is 2.32. The Kier molecular flexibility index (Phi) is 6.12. The van der Waals surface area contributed by atoms with Crippen LogP contribution in [0.3, 0.4) is 0 Å². The summed E-state index contributed by atoms with van der Waals surface area (Å²) in [4.78, 5) is 28.6. The second-order valence-corrected chi connectivity index (χ2v) is 7.55. The van der Waals surface area contributed by atoms with Gasteiger partial charge in [0, 0.05) is 32.5 Å². The molecule has 2 atom stereocenters. The van der Waals surface area contributed by atoms with Crippen LogP contribution in [0.5, 0.6) is 0 Å². The molecule has 0 spiro atoms. The van der Waals surface area contributed by atoms with Crippen molar-refractivity contribution in [1.29, 1.82) is 0 Å². The Hall–Kier alpha value is -2.69. The first-order valence-electron chi connectivity index (χ1n) is 9.75. The van der Waals surface area contributed by atoms with Crippen LogP contribution in [0.2, 0.25) is 0 Å². The molecular weight excluding hydrogens is 355 g/mol. The summed E-state index contributed by atoms with van der Waals surface area (Å²) in [6.07, 6.45) is 0.918. The van der Waals surface area contributed by atoms with E-state index in [2.05, 4.69) is 0 Å². The number of nitrogens with zero attached hydrogens (tertiary/aromatic N) is 2.